The number of ether oxygens (including phenoxy) is 1. The summed E-state index contributed by atoms with van der Waals surface area (Å²) in [6, 6.07) is 8.71. The maximum absolute atomic E-state index is 5.48. The van der Waals surface area contributed by atoms with Crippen molar-refractivity contribution >= 4 is 29.9 Å². The van der Waals surface area contributed by atoms with Crippen molar-refractivity contribution in [2.75, 3.05) is 33.3 Å². The Morgan fingerprint density at radius 1 is 1.09 bits per heavy atom. The van der Waals surface area contributed by atoms with E-state index >= 15 is 0 Å². The van der Waals surface area contributed by atoms with Crippen LogP contribution >= 0.6 is 24.0 Å². The van der Waals surface area contributed by atoms with Gasteiger partial charge in [0.15, 0.2) is 11.8 Å². The maximum Gasteiger partial charge on any atom is 0.191 e. The second kappa shape index (κ2) is 13.1. The molecular weight excluding hydrogens is 529 g/mol. The summed E-state index contributed by atoms with van der Waals surface area (Å²) in [4.78, 5) is 7.41. The zero-order chi connectivity index (χ0) is 22.2. The Balaban J connectivity index is 0.00000306. The van der Waals surface area contributed by atoms with Crippen LogP contribution in [0, 0.1) is 0 Å². The smallest absolute Gasteiger partial charge is 0.191 e. The van der Waals surface area contributed by atoms with Gasteiger partial charge in [-0.05, 0) is 63.4 Å². The molecule has 0 bridgehead atoms. The van der Waals surface area contributed by atoms with E-state index in [2.05, 4.69) is 55.4 Å². The molecule has 1 atom stereocenters. The van der Waals surface area contributed by atoms with Gasteiger partial charge in [-0.25, -0.2) is 4.99 Å². The first-order valence-corrected chi connectivity index (χ1v) is 12.1. The normalized spacial score (nSPS) is 17.6. The lowest BCUT2D eigenvalue weighted by atomic mass is 10.1. The quantitative estimate of drug-likeness (QED) is 0.289. The molecule has 2 aromatic rings. The first-order chi connectivity index (χ1) is 15.8. The van der Waals surface area contributed by atoms with Crippen LogP contribution in [-0.4, -0.2) is 58.9 Å². The lowest BCUT2D eigenvalue weighted by molar-refractivity contribution is 0.245. The minimum atomic E-state index is 0. The number of rotatable bonds is 8. The van der Waals surface area contributed by atoms with Crippen molar-refractivity contribution in [2.24, 2.45) is 4.99 Å². The van der Waals surface area contributed by atoms with E-state index in [0.717, 1.165) is 62.5 Å². The maximum atomic E-state index is 5.48. The van der Waals surface area contributed by atoms with Crippen LogP contribution in [0.3, 0.4) is 0 Å². The molecule has 1 unspecified atom stereocenters. The average Bonchev–Trinajstić information content (AvgIpc) is 3.42. The Hall–Kier alpha value is -1.88. The minimum Gasteiger partial charge on any atom is -0.497 e. The number of aliphatic imine (C=N–C) groups is 1. The second-order valence-electron chi connectivity index (χ2n) is 8.61. The Bertz CT molecular complexity index is 895. The van der Waals surface area contributed by atoms with Crippen LogP contribution in [0.2, 0.25) is 0 Å². The zero-order valence-electron chi connectivity index (χ0n) is 19.9. The van der Waals surface area contributed by atoms with Gasteiger partial charge in [0.25, 0.3) is 0 Å². The molecule has 3 heterocycles. The highest BCUT2D eigenvalue weighted by Gasteiger charge is 2.24. The molecule has 1 fully saturated rings. The van der Waals surface area contributed by atoms with Crippen LogP contribution in [0.5, 0.6) is 5.75 Å². The van der Waals surface area contributed by atoms with Crippen molar-refractivity contribution in [3.63, 3.8) is 0 Å². The van der Waals surface area contributed by atoms with E-state index in [4.69, 9.17) is 9.73 Å². The molecule has 8 nitrogen and oxygen atoms in total. The molecule has 1 saturated heterocycles. The van der Waals surface area contributed by atoms with Crippen molar-refractivity contribution < 1.29 is 4.74 Å². The van der Waals surface area contributed by atoms with E-state index in [1.807, 2.05) is 6.07 Å². The van der Waals surface area contributed by atoms with E-state index in [9.17, 15) is 0 Å². The lowest BCUT2D eigenvalue weighted by Crippen LogP contribution is -2.42. The van der Waals surface area contributed by atoms with Gasteiger partial charge in [-0.1, -0.05) is 18.6 Å². The molecule has 4 rings (SSSR count). The number of fused-ring (bicyclic) bond motifs is 1. The van der Waals surface area contributed by atoms with Crippen molar-refractivity contribution in [3.8, 4) is 5.75 Å². The fourth-order valence-electron chi connectivity index (χ4n) is 4.71. The molecule has 1 aromatic carbocycles. The third-order valence-electron chi connectivity index (χ3n) is 6.43. The molecule has 33 heavy (non-hydrogen) atoms. The Morgan fingerprint density at radius 2 is 1.91 bits per heavy atom. The monoisotopic (exact) mass is 567 g/mol. The summed E-state index contributed by atoms with van der Waals surface area (Å²) in [6.07, 6.45) is 7.19. The van der Waals surface area contributed by atoms with Crippen molar-refractivity contribution in [1.82, 2.24) is 30.3 Å². The van der Waals surface area contributed by atoms with Crippen molar-refractivity contribution in [1.29, 1.82) is 0 Å². The fourth-order valence-corrected chi connectivity index (χ4v) is 4.71. The standard InChI is InChI=1S/C24H37N7O.HI/c1-3-25-24(27-18-23-29-28-22-12-5-4-6-15-31(22)23)26-17-21(30-13-7-8-14-30)19-10-9-11-20(16-19)32-2;/h9-11,16,21H,3-8,12-15,17-18H2,1-2H3,(H2,25,26,27);1H. The van der Waals surface area contributed by atoms with Crippen LogP contribution in [0.1, 0.15) is 62.3 Å². The Morgan fingerprint density at radius 3 is 2.70 bits per heavy atom. The number of nitrogens with zero attached hydrogens (tertiary/aromatic N) is 5. The number of benzene rings is 1. The number of aryl methyl sites for hydroxylation is 1. The number of nitrogens with one attached hydrogen (secondary N) is 2. The van der Waals surface area contributed by atoms with E-state index in [1.54, 1.807) is 7.11 Å². The zero-order valence-corrected chi connectivity index (χ0v) is 22.3. The Kier molecular flexibility index (Phi) is 10.2. The largest absolute Gasteiger partial charge is 0.497 e. The van der Waals surface area contributed by atoms with Crippen LogP contribution in [0.25, 0.3) is 0 Å². The van der Waals surface area contributed by atoms with Gasteiger partial charge in [-0.3, -0.25) is 4.90 Å². The summed E-state index contributed by atoms with van der Waals surface area (Å²) in [5, 5.41) is 15.8. The number of guanidine groups is 1. The predicted octanol–water partition coefficient (Wildman–Crippen LogP) is 3.52. The highest BCUT2D eigenvalue weighted by atomic mass is 127. The number of aromatic nitrogens is 3. The molecule has 0 saturated carbocycles. The summed E-state index contributed by atoms with van der Waals surface area (Å²) in [5.74, 6) is 3.80. The molecular formula is C24H38IN7O. The van der Waals surface area contributed by atoms with Gasteiger partial charge in [0.05, 0.1) is 13.2 Å². The number of likely N-dealkylation sites (tertiary alicyclic amines) is 1. The van der Waals surface area contributed by atoms with Gasteiger partial charge in [0.1, 0.15) is 18.1 Å². The molecule has 2 N–H and O–H groups in total. The molecule has 0 radical (unpaired) electrons. The molecule has 2 aliphatic rings. The third kappa shape index (κ3) is 6.81. The molecule has 1 aromatic heterocycles. The molecule has 0 amide bonds. The first-order valence-electron chi connectivity index (χ1n) is 12.1. The molecule has 0 spiro atoms. The second-order valence-corrected chi connectivity index (χ2v) is 8.61. The highest BCUT2D eigenvalue weighted by Crippen LogP contribution is 2.27. The van der Waals surface area contributed by atoms with E-state index in [0.29, 0.717) is 6.54 Å². The van der Waals surface area contributed by atoms with E-state index in [1.165, 1.54) is 37.7 Å². The van der Waals surface area contributed by atoms with E-state index in [-0.39, 0.29) is 30.0 Å². The van der Waals surface area contributed by atoms with E-state index < -0.39 is 0 Å². The molecule has 0 aliphatic carbocycles. The third-order valence-corrected chi connectivity index (χ3v) is 6.43. The Labute approximate surface area is 214 Å². The van der Waals surface area contributed by atoms with Crippen molar-refractivity contribution in [3.05, 3.63) is 41.5 Å². The summed E-state index contributed by atoms with van der Waals surface area (Å²) in [5.41, 5.74) is 1.28. The predicted molar refractivity (Wildman–Crippen MR) is 142 cm³/mol. The number of hydrogen-bond donors (Lipinski definition) is 2. The first kappa shape index (κ1) is 25.7. The highest BCUT2D eigenvalue weighted by molar-refractivity contribution is 14.0. The summed E-state index contributed by atoms with van der Waals surface area (Å²) in [6.45, 7) is 7.50. The molecule has 9 heteroatoms. The molecule has 182 valence electrons. The number of methoxy groups -OCH3 is 1. The minimum absolute atomic E-state index is 0. The van der Waals surface area contributed by atoms with Gasteiger partial charge in [0.2, 0.25) is 0 Å². The summed E-state index contributed by atoms with van der Waals surface area (Å²) >= 11 is 0. The van der Waals surface area contributed by atoms with Gasteiger partial charge in [-0.2, -0.15) is 0 Å². The SMILES string of the molecule is CCNC(=NCc1nnc2n1CCCCC2)NCC(c1cccc(OC)c1)N1CCCC1.I. The van der Waals surface area contributed by atoms with Crippen LogP contribution < -0.4 is 15.4 Å². The fraction of sp³-hybridized carbons (Fsp3) is 0.625. The van der Waals surface area contributed by atoms with Gasteiger partial charge in [0, 0.05) is 26.1 Å². The van der Waals surface area contributed by atoms with Crippen LogP contribution in [0.15, 0.2) is 29.3 Å². The van der Waals surface area contributed by atoms with Gasteiger partial charge in [-0.15, -0.1) is 34.2 Å². The van der Waals surface area contributed by atoms with Crippen LogP contribution in [0.4, 0.5) is 0 Å². The number of hydrogen-bond acceptors (Lipinski definition) is 5. The number of halogens is 1. The summed E-state index contributed by atoms with van der Waals surface area (Å²) < 4.78 is 7.74. The van der Waals surface area contributed by atoms with Crippen LogP contribution in [-0.2, 0) is 19.5 Å². The average molecular weight is 568 g/mol. The summed E-state index contributed by atoms with van der Waals surface area (Å²) in [7, 11) is 1.73. The van der Waals surface area contributed by atoms with Gasteiger partial charge >= 0.3 is 0 Å². The van der Waals surface area contributed by atoms with Crippen molar-refractivity contribution in [2.45, 2.75) is 64.6 Å². The molecule has 2 aliphatic heterocycles. The topological polar surface area (TPSA) is 79.6 Å². The lowest BCUT2D eigenvalue weighted by Gasteiger charge is -2.29. The van der Waals surface area contributed by atoms with Gasteiger partial charge < -0.3 is 19.9 Å².